The highest BCUT2D eigenvalue weighted by atomic mass is 19.1. The number of imidazole rings is 1. The van der Waals surface area contributed by atoms with E-state index in [0.717, 1.165) is 48.5 Å². The summed E-state index contributed by atoms with van der Waals surface area (Å²) >= 11 is 0. The number of rotatable bonds is 8. The number of nitrogens with zero attached hydrogens (tertiary/aromatic N) is 2. The van der Waals surface area contributed by atoms with Crippen LogP contribution in [0.3, 0.4) is 0 Å². The number of halogens is 1. The second-order valence-electron chi connectivity index (χ2n) is 8.56. The standard InChI is InChI=1S/C26H30FN5O2/c1-2-6-22(31-26(34)28-16-18-10-12-20(27)13-11-18)25(33)29-21-8-5-7-19(15-21)23-17-32-14-4-3-9-24(32)30-23/h5,7-8,10-13,15,17,22H,2-4,6,9,14,16H2,1H3,(H,29,33)(H2,28,31,34). The van der Waals surface area contributed by atoms with Crippen molar-refractivity contribution < 1.29 is 14.0 Å². The zero-order chi connectivity index (χ0) is 23.9. The SMILES string of the molecule is CCCC(NC(=O)NCc1ccc(F)cc1)C(=O)Nc1cccc(-c2cn3c(n2)CCCC3)c1. The van der Waals surface area contributed by atoms with Gasteiger partial charge >= 0.3 is 6.03 Å². The Morgan fingerprint density at radius 3 is 2.74 bits per heavy atom. The van der Waals surface area contributed by atoms with Gasteiger partial charge in [-0.25, -0.2) is 14.2 Å². The number of carbonyl (C=O) groups excluding carboxylic acids is 2. The molecule has 2 aromatic carbocycles. The van der Waals surface area contributed by atoms with Crippen LogP contribution in [0.2, 0.25) is 0 Å². The van der Waals surface area contributed by atoms with Gasteiger partial charge in [-0.05, 0) is 49.1 Å². The average Bonchev–Trinajstić information content (AvgIpc) is 3.28. The van der Waals surface area contributed by atoms with Crippen molar-refractivity contribution in [2.75, 3.05) is 5.32 Å². The van der Waals surface area contributed by atoms with Gasteiger partial charge in [0.15, 0.2) is 0 Å². The maximum absolute atomic E-state index is 13.0. The lowest BCUT2D eigenvalue weighted by Gasteiger charge is -2.18. The van der Waals surface area contributed by atoms with E-state index in [4.69, 9.17) is 4.98 Å². The molecule has 7 nitrogen and oxygen atoms in total. The van der Waals surface area contributed by atoms with E-state index in [1.807, 2.05) is 31.2 Å². The summed E-state index contributed by atoms with van der Waals surface area (Å²) in [4.78, 5) is 30.1. The van der Waals surface area contributed by atoms with Crippen LogP contribution in [0.1, 0.15) is 44.0 Å². The number of aromatic nitrogens is 2. The Kier molecular flexibility index (Phi) is 7.57. The number of aryl methyl sites for hydroxylation is 2. The van der Waals surface area contributed by atoms with E-state index in [-0.39, 0.29) is 18.3 Å². The van der Waals surface area contributed by atoms with Gasteiger partial charge < -0.3 is 20.5 Å². The van der Waals surface area contributed by atoms with Gasteiger partial charge in [-0.1, -0.05) is 37.6 Å². The lowest BCUT2D eigenvalue weighted by atomic mass is 10.1. The fraction of sp³-hybridized carbons (Fsp3) is 0.346. The number of hydrogen-bond donors (Lipinski definition) is 3. The summed E-state index contributed by atoms with van der Waals surface area (Å²) in [5.41, 5.74) is 3.27. The monoisotopic (exact) mass is 463 g/mol. The zero-order valence-electron chi connectivity index (χ0n) is 19.3. The van der Waals surface area contributed by atoms with Crippen LogP contribution >= 0.6 is 0 Å². The van der Waals surface area contributed by atoms with Crippen molar-refractivity contribution >= 4 is 17.6 Å². The molecule has 3 amide bonds. The molecule has 1 aliphatic heterocycles. The molecule has 1 aliphatic rings. The largest absolute Gasteiger partial charge is 0.334 e. The number of benzene rings is 2. The van der Waals surface area contributed by atoms with Crippen LogP contribution in [-0.2, 0) is 24.3 Å². The third kappa shape index (κ3) is 6.01. The first kappa shape index (κ1) is 23.5. The number of urea groups is 1. The Balaban J connectivity index is 1.37. The van der Waals surface area contributed by atoms with E-state index in [0.29, 0.717) is 12.1 Å². The molecule has 1 atom stereocenters. The van der Waals surface area contributed by atoms with Gasteiger partial charge in [0.05, 0.1) is 5.69 Å². The number of anilines is 1. The lowest BCUT2D eigenvalue weighted by molar-refractivity contribution is -0.118. The van der Waals surface area contributed by atoms with E-state index in [1.165, 1.54) is 18.6 Å². The molecular weight excluding hydrogens is 433 g/mol. The van der Waals surface area contributed by atoms with Crippen LogP contribution in [0, 0.1) is 5.82 Å². The fourth-order valence-corrected chi connectivity index (χ4v) is 4.09. The first-order valence-electron chi connectivity index (χ1n) is 11.8. The second-order valence-corrected chi connectivity index (χ2v) is 8.56. The van der Waals surface area contributed by atoms with Crippen molar-refractivity contribution in [3.8, 4) is 11.3 Å². The fourth-order valence-electron chi connectivity index (χ4n) is 4.09. The minimum atomic E-state index is -0.679. The number of hydrogen-bond acceptors (Lipinski definition) is 3. The highest BCUT2D eigenvalue weighted by Crippen LogP contribution is 2.25. The third-order valence-corrected chi connectivity index (χ3v) is 5.90. The molecular formula is C26H30FN5O2. The maximum Gasteiger partial charge on any atom is 0.315 e. The molecule has 0 saturated carbocycles. The van der Waals surface area contributed by atoms with Gasteiger partial charge in [0, 0.05) is 37.0 Å². The van der Waals surface area contributed by atoms with Crippen molar-refractivity contribution in [1.29, 1.82) is 0 Å². The Morgan fingerprint density at radius 2 is 1.97 bits per heavy atom. The minimum Gasteiger partial charge on any atom is -0.334 e. The number of fused-ring (bicyclic) bond motifs is 1. The van der Waals surface area contributed by atoms with Crippen molar-refractivity contribution in [2.24, 2.45) is 0 Å². The molecule has 0 radical (unpaired) electrons. The summed E-state index contributed by atoms with van der Waals surface area (Å²) in [5.74, 6) is 0.499. The second kappa shape index (κ2) is 11.0. The zero-order valence-corrected chi connectivity index (χ0v) is 19.3. The van der Waals surface area contributed by atoms with Crippen LogP contribution in [0.5, 0.6) is 0 Å². The number of carbonyl (C=O) groups is 2. The van der Waals surface area contributed by atoms with Gasteiger partial charge in [0.1, 0.15) is 17.7 Å². The first-order valence-corrected chi connectivity index (χ1v) is 11.8. The molecule has 0 fully saturated rings. The Hall–Kier alpha value is -3.68. The Bertz CT molecular complexity index is 1120. The van der Waals surface area contributed by atoms with E-state index >= 15 is 0 Å². The van der Waals surface area contributed by atoms with E-state index < -0.39 is 12.1 Å². The molecule has 2 heterocycles. The molecule has 34 heavy (non-hydrogen) atoms. The molecule has 0 aliphatic carbocycles. The van der Waals surface area contributed by atoms with E-state index in [2.05, 4.69) is 26.7 Å². The molecule has 1 unspecified atom stereocenters. The predicted molar refractivity (Wildman–Crippen MR) is 130 cm³/mol. The number of amides is 3. The normalized spacial score (nSPS) is 13.6. The van der Waals surface area contributed by atoms with Crippen molar-refractivity contribution in [3.63, 3.8) is 0 Å². The highest BCUT2D eigenvalue weighted by molar-refractivity contribution is 5.97. The molecule has 0 bridgehead atoms. The van der Waals surface area contributed by atoms with Crippen LogP contribution in [-0.4, -0.2) is 27.5 Å². The van der Waals surface area contributed by atoms with Gasteiger partial charge in [0.2, 0.25) is 5.91 Å². The van der Waals surface area contributed by atoms with Crippen molar-refractivity contribution in [1.82, 2.24) is 20.2 Å². The van der Waals surface area contributed by atoms with Crippen LogP contribution in [0.25, 0.3) is 11.3 Å². The maximum atomic E-state index is 13.0. The van der Waals surface area contributed by atoms with Gasteiger partial charge in [-0.15, -0.1) is 0 Å². The van der Waals surface area contributed by atoms with Gasteiger partial charge in [-0.2, -0.15) is 0 Å². The van der Waals surface area contributed by atoms with Crippen LogP contribution in [0.15, 0.2) is 54.7 Å². The summed E-state index contributed by atoms with van der Waals surface area (Å²) in [6.45, 7) is 3.19. The summed E-state index contributed by atoms with van der Waals surface area (Å²) in [7, 11) is 0. The van der Waals surface area contributed by atoms with Crippen molar-refractivity contribution in [2.45, 2.75) is 58.2 Å². The molecule has 0 saturated heterocycles. The van der Waals surface area contributed by atoms with E-state index in [1.54, 1.807) is 12.1 Å². The van der Waals surface area contributed by atoms with Crippen molar-refractivity contribution in [3.05, 3.63) is 71.9 Å². The number of nitrogens with one attached hydrogen (secondary N) is 3. The topological polar surface area (TPSA) is 88.0 Å². The van der Waals surface area contributed by atoms with Crippen LogP contribution < -0.4 is 16.0 Å². The van der Waals surface area contributed by atoms with Gasteiger partial charge in [0.25, 0.3) is 0 Å². The minimum absolute atomic E-state index is 0.239. The molecule has 3 aromatic rings. The average molecular weight is 464 g/mol. The molecule has 1 aromatic heterocycles. The lowest BCUT2D eigenvalue weighted by Crippen LogP contribution is -2.47. The predicted octanol–water partition coefficient (Wildman–Crippen LogP) is 4.63. The Morgan fingerprint density at radius 1 is 1.15 bits per heavy atom. The summed E-state index contributed by atoms with van der Waals surface area (Å²) in [6.07, 6.45) is 6.63. The van der Waals surface area contributed by atoms with Crippen LogP contribution in [0.4, 0.5) is 14.9 Å². The summed E-state index contributed by atoms with van der Waals surface area (Å²) < 4.78 is 15.2. The summed E-state index contributed by atoms with van der Waals surface area (Å²) in [6, 6.07) is 12.4. The molecule has 0 spiro atoms. The first-order chi connectivity index (χ1) is 16.5. The molecule has 8 heteroatoms. The molecule has 3 N–H and O–H groups in total. The molecule has 178 valence electrons. The quantitative estimate of drug-likeness (QED) is 0.455. The molecule has 4 rings (SSSR count). The van der Waals surface area contributed by atoms with E-state index in [9.17, 15) is 14.0 Å². The highest BCUT2D eigenvalue weighted by Gasteiger charge is 2.20. The third-order valence-electron chi connectivity index (χ3n) is 5.90. The summed E-state index contributed by atoms with van der Waals surface area (Å²) in [5, 5.41) is 8.39. The smallest absolute Gasteiger partial charge is 0.315 e. The Labute approximate surface area is 198 Å². The van der Waals surface area contributed by atoms with Gasteiger partial charge in [-0.3, -0.25) is 4.79 Å².